The molecule has 0 aliphatic heterocycles. The van der Waals surface area contributed by atoms with Crippen molar-refractivity contribution in [1.29, 1.82) is 0 Å². The summed E-state index contributed by atoms with van der Waals surface area (Å²) in [5, 5.41) is 14.7. The number of carboxylic acids is 1. The largest absolute Gasteiger partial charge is 0.495 e. The zero-order chi connectivity index (χ0) is 15.8. The Hall–Kier alpha value is -2.03. The van der Waals surface area contributed by atoms with Crippen LogP contribution in [0, 0.1) is 0 Å². The van der Waals surface area contributed by atoms with E-state index >= 15 is 0 Å². The number of methoxy groups -OCH3 is 1. The minimum absolute atomic E-state index is 0.0845. The van der Waals surface area contributed by atoms with Crippen LogP contribution in [0.1, 0.15) is 16.1 Å². The zero-order valence-electron chi connectivity index (χ0n) is 10.5. The average Bonchev–Trinajstić information content (AvgIpc) is 2.86. The number of nitrogens with one attached hydrogen (secondary N) is 1. The number of halogens is 4. The predicted octanol–water partition coefficient (Wildman–Crippen LogP) is 3.56. The lowest BCUT2D eigenvalue weighted by Crippen LogP contribution is -2.08. The molecule has 21 heavy (non-hydrogen) atoms. The lowest BCUT2D eigenvalue weighted by atomic mass is 10.1. The Morgan fingerprint density at radius 1 is 1.38 bits per heavy atom. The number of alkyl halides is 3. The standard InChI is InChI=1S/C12H8BrF3N2O3/c1-21-10-6(12(14,15)16)2-5(3-7(10)13)8-4-9(11(19)20)18-17-8/h2-4H,1H3,(H,17,18)(H,19,20). The van der Waals surface area contributed by atoms with E-state index in [1.54, 1.807) is 0 Å². The van der Waals surface area contributed by atoms with Crippen molar-refractivity contribution in [1.82, 2.24) is 10.2 Å². The number of hydrogen-bond donors (Lipinski definition) is 2. The van der Waals surface area contributed by atoms with Gasteiger partial charge in [0.15, 0.2) is 0 Å². The fourth-order valence-corrected chi connectivity index (χ4v) is 2.36. The summed E-state index contributed by atoms with van der Waals surface area (Å²) >= 11 is 3.00. The molecule has 1 aromatic heterocycles. The molecule has 1 aromatic carbocycles. The molecule has 0 bridgehead atoms. The van der Waals surface area contributed by atoms with Crippen LogP contribution in [-0.4, -0.2) is 28.4 Å². The molecule has 2 N–H and O–H groups in total. The van der Waals surface area contributed by atoms with Gasteiger partial charge in [-0.25, -0.2) is 4.79 Å². The van der Waals surface area contributed by atoms with Crippen LogP contribution in [0.3, 0.4) is 0 Å². The molecule has 0 aliphatic rings. The fraction of sp³-hybridized carbons (Fsp3) is 0.167. The van der Waals surface area contributed by atoms with Crippen molar-refractivity contribution in [2.45, 2.75) is 6.18 Å². The molecule has 0 atom stereocenters. The minimum Gasteiger partial charge on any atom is -0.495 e. The topological polar surface area (TPSA) is 75.2 Å². The number of hydrogen-bond acceptors (Lipinski definition) is 3. The highest BCUT2D eigenvalue weighted by Crippen LogP contribution is 2.42. The fourth-order valence-electron chi connectivity index (χ4n) is 1.74. The maximum Gasteiger partial charge on any atom is 0.420 e. The molecule has 0 saturated heterocycles. The van der Waals surface area contributed by atoms with Crippen LogP contribution in [0.5, 0.6) is 5.75 Å². The van der Waals surface area contributed by atoms with Gasteiger partial charge in [0.2, 0.25) is 0 Å². The van der Waals surface area contributed by atoms with Crippen molar-refractivity contribution in [3.8, 4) is 17.0 Å². The van der Waals surface area contributed by atoms with Crippen molar-refractivity contribution >= 4 is 21.9 Å². The molecule has 0 radical (unpaired) electrons. The van der Waals surface area contributed by atoms with Gasteiger partial charge in [-0.2, -0.15) is 18.3 Å². The van der Waals surface area contributed by atoms with E-state index in [4.69, 9.17) is 9.84 Å². The number of H-pyrrole nitrogens is 1. The van der Waals surface area contributed by atoms with E-state index in [0.717, 1.165) is 19.2 Å². The van der Waals surface area contributed by atoms with Crippen LogP contribution in [-0.2, 0) is 6.18 Å². The van der Waals surface area contributed by atoms with Crippen molar-refractivity contribution in [2.75, 3.05) is 7.11 Å². The van der Waals surface area contributed by atoms with Gasteiger partial charge in [0.1, 0.15) is 11.4 Å². The third-order valence-electron chi connectivity index (χ3n) is 2.66. The molecular formula is C12H8BrF3N2O3. The van der Waals surface area contributed by atoms with E-state index in [-0.39, 0.29) is 27.2 Å². The predicted molar refractivity (Wildman–Crippen MR) is 70.2 cm³/mol. The van der Waals surface area contributed by atoms with Crippen LogP contribution in [0.4, 0.5) is 13.2 Å². The van der Waals surface area contributed by atoms with E-state index in [1.807, 2.05) is 0 Å². The summed E-state index contributed by atoms with van der Waals surface area (Å²) in [5.74, 6) is -1.60. The number of aromatic amines is 1. The molecule has 0 saturated carbocycles. The number of aromatic nitrogens is 2. The van der Waals surface area contributed by atoms with E-state index in [2.05, 4.69) is 26.1 Å². The molecule has 2 rings (SSSR count). The third-order valence-corrected chi connectivity index (χ3v) is 3.25. The Labute approximate surface area is 124 Å². The van der Waals surface area contributed by atoms with Gasteiger partial charge in [-0.05, 0) is 34.1 Å². The molecule has 0 fully saturated rings. The molecule has 112 valence electrons. The Balaban J connectivity index is 2.59. The molecule has 0 amide bonds. The third kappa shape index (κ3) is 3.02. The van der Waals surface area contributed by atoms with E-state index in [9.17, 15) is 18.0 Å². The van der Waals surface area contributed by atoms with E-state index < -0.39 is 17.7 Å². The maximum absolute atomic E-state index is 13.0. The Bertz CT molecular complexity index is 698. The molecule has 2 aromatic rings. The first-order valence-electron chi connectivity index (χ1n) is 5.48. The van der Waals surface area contributed by atoms with Crippen LogP contribution in [0.15, 0.2) is 22.7 Å². The zero-order valence-corrected chi connectivity index (χ0v) is 12.0. The average molecular weight is 365 g/mol. The highest BCUT2D eigenvalue weighted by Gasteiger charge is 2.36. The summed E-state index contributed by atoms with van der Waals surface area (Å²) in [6.45, 7) is 0. The van der Waals surface area contributed by atoms with Gasteiger partial charge in [-0.3, -0.25) is 5.10 Å². The minimum atomic E-state index is -4.62. The molecule has 9 heteroatoms. The van der Waals surface area contributed by atoms with Crippen molar-refractivity contribution in [3.63, 3.8) is 0 Å². The van der Waals surface area contributed by atoms with E-state index in [0.29, 0.717) is 0 Å². The van der Waals surface area contributed by atoms with Gasteiger partial charge in [-0.1, -0.05) is 0 Å². The number of carbonyl (C=O) groups is 1. The summed E-state index contributed by atoms with van der Waals surface area (Å²) in [6.07, 6.45) is -4.62. The monoisotopic (exact) mass is 364 g/mol. The number of nitrogens with zero attached hydrogens (tertiary/aromatic N) is 1. The lowest BCUT2D eigenvalue weighted by molar-refractivity contribution is -0.138. The molecular weight excluding hydrogens is 357 g/mol. The van der Waals surface area contributed by atoms with Crippen molar-refractivity contribution in [2.24, 2.45) is 0 Å². The first kappa shape index (κ1) is 15.4. The molecule has 0 spiro atoms. The normalized spacial score (nSPS) is 11.5. The quantitative estimate of drug-likeness (QED) is 0.872. The second kappa shape index (κ2) is 5.40. The summed E-state index contributed by atoms with van der Waals surface area (Å²) in [4.78, 5) is 10.8. The second-order valence-corrected chi connectivity index (χ2v) is 4.86. The summed E-state index contributed by atoms with van der Waals surface area (Å²) in [5.41, 5.74) is -1.00. The SMILES string of the molecule is COc1c(Br)cc(-c2cc(C(=O)O)[nH]n2)cc1C(F)(F)F. The molecule has 5 nitrogen and oxygen atoms in total. The molecule has 0 unspecified atom stereocenters. The van der Waals surface area contributed by atoms with Crippen LogP contribution < -0.4 is 4.74 Å². The number of ether oxygens (including phenoxy) is 1. The van der Waals surface area contributed by atoms with Crippen molar-refractivity contribution < 1.29 is 27.8 Å². The van der Waals surface area contributed by atoms with Crippen molar-refractivity contribution in [3.05, 3.63) is 33.9 Å². The molecule has 1 heterocycles. The van der Waals surface area contributed by atoms with Crippen LogP contribution >= 0.6 is 15.9 Å². The number of aromatic carboxylic acids is 1. The highest BCUT2D eigenvalue weighted by atomic mass is 79.9. The highest BCUT2D eigenvalue weighted by molar-refractivity contribution is 9.10. The Morgan fingerprint density at radius 3 is 2.52 bits per heavy atom. The smallest absolute Gasteiger partial charge is 0.420 e. The van der Waals surface area contributed by atoms with Gasteiger partial charge in [0, 0.05) is 5.56 Å². The van der Waals surface area contributed by atoms with Gasteiger partial charge in [-0.15, -0.1) is 0 Å². The van der Waals surface area contributed by atoms with Crippen LogP contribution in [0.25, 0.3) is 11.3 Å². The molecule has 0 aliphatic carbocycles. The number of rotatable bonds is 3. The van der Waals surface area contributed by atoms with Crippen LogP contribution in [0.2, 0.25) is 0 Å². The van der Waals surface area contributed by atoms with Gasteiger partial charge in [0.05, 0.1) is 22.8 Å². The Kier molecular flexibility index (Phi) is 3.95. The Morgan fingerprint density at radius 2 is 2.05 bits per heavy atom. The first-order chi connectivity index (χ1) is 9.74. The van der Waals surface area contributed by atoms with Gasteiger partial charge < -0.3 is 9.84 Å². The summed E-state index contributed by atoms with van der Waals surface area (Å²) < 4.78 is 43.9. The summed E-state index contributed by atoms with van der Waals surface area (Å²) in [6, 6.07) is 3.37. The van der Waals surface area contributed by atoms with Gasteiger partial charge in [0.25, 0.3) is 0 Å². The lowest BCUT2D eigenvalue weighted by Gasteiger charge is -2.14. The number of carboxylic acid groups (broad SMARTS) is 1. The second-order valence-electron chi connectivity index (χ2n) is 4.01. The van der Waals surface area contributed by atoms with E-state index in [1.165, 1.54) is 6.07 Å². The summed E-state index contributed by atoms with van der Waals surface area (Å²) in [7, 11) is 1.13. The van der Waals surface area contributed by atoms with Gasteiger partial charge >= 0.3 is 12.1 Å². The number of benzene rings is 1. The maximum atomic E-state index is 13.0. The first-order valence-corrected chi connectivity index (χ1v) is 6.27.